The van der Waals surface area contributed by atoms with E-state index in [1.165, 1.54) is 26.4 Å². The minimum atomic E-state index is -0.960. The number of hydrogen-bond donors (Lipinski definition) is 1. The average molecular weight is 194 g/mol. The Labute approximate surface area is 82.6 Å². The van der Waals surface area contributed by atoms with Crippen LogP contribution in [0.5, 0.6) is 0 Å². The van der Waals surface area contributed by atoms with Crippen LogP contribution in [0.3, 0.4) is 0 Å². The van der Waals surface area contributed by atoms with Crippen molar-refractivity contribution in [1.29, 1.82) is 0 Å². The number of carbonyl (C=O) groups is 1. The van der Waals surface area contributed by atoms with Crippen LogP contribution in [0, 0.1) is 0 Å². The molecule has 1 N–H and O–H groups in total. The quantitative estimate of drug-likeness (QED) is 0.703. The zero-order chi connectivity index (χ0) is 10.6. The highest BCUT2D eigenvalue weighted by Gasteiger charge is 2.18. The summed E-state index contributed by atoms with van der Waals surface area (Å²) in [6, 6.07) is 6.46. The lowest BCUT2D eigenvalue weighted by Crippen LogP contribution is -2.35. The van der Waals surface area contributed by atoms with Gasteiger partial charge in [-0.25, -0.2) is 4.79 Å². The summed E-state index contributed by atoms with van der Waals surface area (Å²) < 4.78 is 10.0. The number of hydrogen-bond acceptors (Lipinski definition) is 3. The molecular formula is C9H11BO4. The van der Waals surface area contributed by atoms with E-state index >= 15 is 0 Å². The molecule has 0 atom stereocenters. The van der Waals surface area contributed by atoms with Gasteiger partial charge in [-0.1, -0.05) is 12.1 Å². The lowest BCUT2D eigenvalue weighted by Gasteiger charge is -2.08. The summed E-state index contributed by atoms with van der Waals surface area (Å²) >= 11 is 0. The molecule has 4 nitrogen and oxygen atoms in total. The maximum atomic E-state index is 10.7. The van der Waals surface area contributed by atoms with Crippen molar-refractivity contribution in [1.82, 2.24) is 0 Å². The fourth-order valence-electron chi connectivity index (χ4n) is 1.19. The summed E-state index contributed by atoms with van der Waals surface area (Å²) in [7, 11) is 2.48. The van der Waals surface area contributed by atoms with E-state index in [2.05, 4.69) is 0 Å². The summed E-state index contributed by atoms with van der Waals surface area (Å²) in [5.41, 5.74) is 0.913. The molecule has 1 aromatic rings. The van der Waals surface area contributed by atoms with Gasteiger partial charge in [-0.15, -0.1) is 0 Å². The van der Waals surface area contributed by atoms with Gasteiger partial charge in [0.1, 0.15) is 0 Å². The Balaban J connectivity index is 2.98. The van der Waals surface area contributed by atoms with Crippen LogP contribution in [0.15, 0.2) is 24.3 Å². The average Bonchev–Trinajstić information content (AvgIpc) is 2.20. The van der Waals surface area contributed by atoms with Gasteiger partial charge >= 0.3 is 13.1 Å². The molecule has 0 radical (unpaired) electrons. The molecule has 0 aliphatic carbocycles. The second-order valence-electron chi connectivity index (χ2n) is 2.73. The monoisotopic (exact) mass is 194 g/mol. The Morgan fingerprint density at radius 1 is 1.36 bits per heavy atom. The third-order valence-corrected chi connectivity index (χ3v) is 1.83. The van der Waals surface area contributed by atoms with Crippen LogP contribution in [0.4, 0.5) is 0 Å². The van der Waals surface area contributed by atoms with Crippen molar-refractivity contribution in [2.45, 2.75) is 0 Å². The SMILES string of the molecule is COB(OC)c1cccc(C(=O)O)c1. The molecule has 0 aliphatic rings. The Hall–Kier alpha value is -1.33. The zero-order valence-electron chi connectivity index (χ0n) is 8.06. The lowest BCUT2D eigenvalue weighted by molar-refractivity contribution is 0.0697. The van der Waals surface area contributed by atoms with E-state index in [9.17, 15) is 4.79 Å². The molecule has 1 rings (SSSR count). The second-order valence-corrected chi connectivity index (χ2v) is 2.73. The highest BCUT2D eigenvalue weighted by molar-refractivity contribution is 6.61. The minimum Gasteiger partial charge on any atom is -0.478 e. The number of carboxylic acids is 1. The number of benzene rings is 1. The topological polar surface area (TPSA) is 55.8 Å². The smallest absolute Gasteiger partial charge is 0.478 e. The van der Waals surface area contributed by atoms with E-state index in [4.69, 9.17) is 14.4 Å². The van der Waals surface area contributed by atoms with Gasteiger partial charge in [0.2, 0.25) is 0 Å². The molecular weight excluding hydrogens is 183 g/mol. The van der Waals surface area contributed by atoms with Gasteiger partial charge < -0.3 is 14.4 Å². The van der Waals surface area contributed by atoms with Gasteiger partial charge in [0.15, 0.2) is 0 Å². The predicted octanol–water partition coefficient (Wildman–Crippen LogP) is 0.373. The fourth-order valence-corrected chi connectivity index (χ4v) is 1.19. The summed E-state index contributed by atoms with van der Waals surface area (Å²) in [4.78, 5) is 10.7. The molecule has 0 unspecified atom stereocenters. The minimum absolute atomic E-state index is 0.224. The summed E-state index contributed by atoms with van der Waals surface area (Å²) in [5.74, 6) is -0.960. The molecule has 0 bridgehead atoms. The second kappa shape index (κ2) is 4.78. The Bertz CT molecular complexity index is 322. The normalized spacial score (nSPS) is 9.86. The highest BCUT2D eigenvalue weighted by atomic mass is 16.6. The zero-order valence-corrected chi connectivity index (χ0v) is 8.06. The first-order valence-corrected chi connectivity index (χ1v) is 4.08. The van der Waals surface area contributed by atoms with Crippen molar-refractivity contribution < 1.29 is 19.2 Å². The third kappa shape index (κ3) is 2.34. The fraction of sp³-hybridized carbons (Fsp3) is 0.222. The van der Waals surface area contributed by atoms with E-state index in [1.54, 1.807) is 12.1 Å². The molecule has 0 saturated heterocycles. The van der Waals surface area contributed by atoms with Crippen molar-refractivity contribution in [3.05, 3.63) is 29.8 Å². The van der Waals surface area contributed by atoms with Gasteiger partial charge in [0.05, 0.1) is 5.56 Å². The van der Waals surface area contributed by atoms with Gasteiger partial charge in [-0.05, 0) is 17.6 Å². The van der Waals surface area contributed by atoms with Gasteiger partial charge in [-0.2, -0.15) is 0 Å². The molecule has 0 spiro atoms. The Morgan fingerprint density at radius 3 is 2.50 bits per heavy atom. The van der Waals surface area contributed by atoms with Crippen LogP contribution in [-0.4, -0.2) is 32.4 Å². The van der Waals surface area contributed by atoms with Gasteiger partial charge in [0, 0.05) is 14.2 Å². The van der Waals surface area contributed by atoms with E-state index in [-0.39, 0.29) is 5.56 Å². The number of rotatable bonds is 4. The summed E-state index contributed by atoms with van der Waals surface area (Å²) in [6.07, 6.45) is 0. The van der Waals surface area contributed by atoms with Crippen LogP contribution < -0.4 is 5.46 Å². The molecule has 0 amide bonds. The molecule has 0 fully saturated rings. The molecule has 0 aliphatic heterocycles. The first kappa shape index (κ1) is 10.8. The Kier molecular flexibility index (Phi) is 3.68. The molecule has 14 heavy (non-hydrogen) atoms. The molecule has 0 saturated carbocycles. The highest BCUT2D eigenvalue weighted by Crippen LogP contribution is 1.98. The first-order valence-electron chi connectivity index (χ1n) is 4.08. The van der Waals surface area contributed by atoms with Crippen molar-refractivity contribution in [3.63, 3.8) is 0 Å². The lowest BCUT2D eigenvalue weighted by atomic mass is 9.78. The summed E-state index contributed by atoms with van der Waals surface area (Å²) in [6.45, 7) is 0. The Morgan fingerprint density at radius 2 is 2.00 bits per heavy atom. The van der Waals surface area contributed by atoms with E-state index in [0.717, 1.165) is 0 Å². The maximum absolute atomic E-state index is 10.7. The number of aromatic carboxylic acids is 1. The van der Waals surface area contributed by atoms with Crippen LogP contribution in [-0.2, 0) is 9.31 Å². The van der Waals surface area contributed by atoms with E-state index in [0.29, 0.717) is 5.46 Å². The standard InChI is InChI=1S/C9H11BO4/c1-13-10(14-2)8-5-3-4-7(6-8)9(11)12/h3-6H,1-2H3,(H,11,12). The van der Waals surface area contributed by atoms with E-state index < -0.39 is 13.1 Å². The molecule has 1 aromatic carbocycles. The molecule has 0 aromatic heterocycles. The maximum Gasteiger partial charge on any atom is 0.493 e. The first-order chi connectivity index (χ1) is 6.69. The van der Waals surface area contributed by atoms with E-state index in [1.807, 2.05) is 0 Å². The van der Waals surface area contributed by atoms with Crippen LogP contribution in [0.1, 0.15) is 10.4 Å². The van der Waals surface area contributed by atoms with Crippen LogP contribution in [0.2, 0.25) is 0 Å². The molecule has 5 heteroatoms. The van der Waals surface area contributed by atoms with Crippen molar-refractivity contribution in [3.8, 4) is 0 Å². The van der Waals surface area contributed by atoms with Gasteiger partial charge in [0.25, 0.3) is 0 Å². The number of carboxylic acid groups (broad SMARTS) is 1. The molecule has 74 valence electrons. The summed E-state index contributed by atoms with van der Waals surface area (Å²) in [5, 5.41) is 8.75. The van der Waals surface area contributed by atoms with Gasteiger partial charge in [-0.3, -0.25) is 0 Å². The molecule has 0 heterocycles. The largest absolute Gasteiger partial charge is 0.493 e. The van der Waals surface area contributed by atoms with Crippen LogP contribution >= 0.6 is 0 Å². The third-order valence-electron chi connectivity index (χ3n) is 1.83. The van der Waals surface area contributed by atoms with Crippen molar-refractivity contribution in [2.75, 3.05) is 14.2 Å². The van der Waals surface area contributed by atoms with Crippen LogP contribution in [0.25, 0.3) is 0 Å². The predicted molar refractivity (Wildman–Crippen MR) is 52.8 cm³/mol. The van der Waals surface area contributed by atoms with Crippen molar-refractivity contribution in [2.24, 2.45) is 0 Å². The van der Waals surface area contributed by atoms with Crippen molar-refractivity contribution >= 4 is 18.6 Å².